The van der Waals surface area contributed by atoms with Gasteiger partial charge in [-0.15, -0.1) is 0 Å². The third kappa shape index (κ3) is 2.93. The average molecular weight is 247 g/mol. The largest absolute Gasteiger partial charge is 0.368 e. The number of nitrogen functional groups attached to an aromatic ring is 1. The van der Waals surface area contributed by atoms with Gasteiger partial charge in [-0.25, -0.2) is 4.68 Å². The third-order valence-corrected chi connectivity index (χ3v) is 2.45. The van der Waals surface area contributed by atoms with E-state index in [-0.39, 0.29) is 5.95 Å². The minimum absolute atomic E-state index is 0.182. The van der Waals surface area contributed by atoms with E-state index >= 15 is 0 Å². The van der Waals surface area contributed by atoms with Crippen molar-refractivity contribution in [1.29, 1.82) is 0 Å². The van der Waals surface area contributed by atoms with Crippen LogP contribution in [0.15, 0.2) is 18.5 Å². The maximum atomic E-state index is 5.67. The zero-order valence-electron chi connectivity index (χ0n) is 10.5. The monoisotopic (exact) mass is 247 g/mol. The van der Waals surface area contributed by atoms with Gasteiger partial charge in [0.15, 0.2) is 0 Å². The lowest BCUT2D eigenvalue weighted by atomic mass is 10.2. The molecule has 2 aromatic rings. The van der Waals surface area contributed by atoms with Gasteiger partial charge in [0, 0.05) is 18.4 Å². The molecule has 96 valence electrons. The highest BCUT2D eigenvalue weighted by molar-refractivity contribution is 5.35. The molecule has 2 heterocycles. The third-order valence-electron chi connectivity index (χ3n) is 2.45. The summed E-state index contributed by atoms with van der Waals surface area (Å²) >= 11 is 0. The topological polar surface area (TPSA) is 94.5 Å². The number of anilines is 2. The lowest BCUT2D eigenvalue weighted by Crippen LogP contribution is -2.18. The normalized spacial score (nSPS) is 12.3. The quantitative estimate of drug-likeness (QED) is 0.825. The number of nitrogens with zero attached hydrogens (tertiary/aromatic N) is 5. The first-order valence-corrected chi connectivity index (χ1v) is 5.97. The van der Waals surface area contributed by atoms with Crippen molar-refractivity contribution in [1.82, 2.24) is 24.7 Å². The molecule has 0 amide bonds. The highest BCUT2D eigenvalue weighted by Gasteiger charge is 2.08. The molecule has 0 bridgehead atoms. The molecule has 0 radical (unpaired) electrons. The van der Waals surface area contributed by atoms with Crippen LogP contribution in [-0.2, 0) is 0 Å². The Morgan fingerprint density at radius 2 is 2.22 bits per heavy atom. The van der Waals surface area contributed by atoms with Crippen LogP contribution in [0.4, 0.5) is 11.9 Å². The molecule has 2 aromatic heterocycles. The first kappa shape index (κ1) is 12.3. The van der Waals surface area contributed by atoms with Gasteiger partial charge in [0.05, 0.1) is 0 Å². The van der Waals surface area contributed by atoms with Crippen LogP contribution in [0.3, 0.4) is 0 Å². The van der Waals surface area contributed by atoms with Crippen LogP contribution in [0.25, 0.3) is 5.95 Å². The van der Waals surface area contributed by atoms with Crippen molar-refractivity contribution in [2.24, 2.45) is 0 Å². The van der Waals surface area contributed by atoms with Gasteiger partial charge >= 0.3 is 0 Å². The van der Waals surface area contributed by atoms with Crippen LogP contribution >= 0.6 is 0 Å². The smallest absolute Gasteiger partial charge is 0.257 e. The first-order valence-electron chi connectivity index (χ1n) is 5.97. The van der Waals surface area contributed by atoms with E-state index in [2.05, 4.69) is 39.2 Å². The van der Waals surface area contributed by atoms with E-state index < -0.39 is 0 Å². The van der Waals surface area contributed by atoms with Crippen molar-refractivity contribution in [3.8, 4) is 5.95 Å². The Hall–Kier alpha value is -2.18. The molecule has 0 saturated heterocycles. The molecule has 0 saturated carbocycles. The summed E-state index contributed by atoms with van der Waals surface area (Å²) < 4.78 is 1.55. The fourth-order valence-corrected chi connectivity index (χ4v) is 1.66. The van der Waals surface area contributed by atoms with E-state index in [1.807, 2.05) is 0 Å². The summed E-state index contributed by atoms with van der Waals surface area (Å²) in [4.78, 5) is 12.4. The predicted molar refractivity (Wildman–Crippen MR) is 69.4 cm³/mol. The van der Waals surface area contributed by atoms with Crippen molar-refractivity contribution >= 4 is 11.9 Å². The zero-order valence-corrected chi connectivity index (χ0v) is 10.5. The number of nitrogens with one attached hydrogen (secondary N) is 1. The van der Waals surface area contributed by atoms with Gasteiger partial charge in [-0.2, -0.15) is 20.1 Å². The van der Waals surface area contributed by atoms with Crippen molar-refractivity contribution in [2.75, 3.05) is 11.1 Å². The minimum Gasteiger partial charge on any atom is -0.368 e. The molecule has 2 rings (SSSR count). The van der Waals surface area contributed by atoms with E-state index in [0.717, 1.165) is 12.8 Å². The van der Waals surface area contributed by atoms with Gasteiger partial charge < -0.3 is 11.1 Å². The lowest BCUT2D eigenvalue weighted by Gasteiger charge is -2.13. The molecule has 7 nitrogen and oxygen atoms in total. The van der Waals surface area contributed by atoms with Gasteiger partial charge in [0.1, 0.15) is 0 Å². The van der Waals surface area contributed by atoms with Crippen LogP contribution in [0.1, 0.15) is 26.7 Å². The fraction of sp³-hybridized carbons (Fsp3) is 0.455. The molecule has 0 aromatic carbocycles. The van der Waals surface area contributed by atoms with Crippen LogP contribution in [-0.4, -0.2) is 30.8 Å². The summed E-state index contributed by atoms with van der Waals surface area (Å²) in [7, 11) is 0. The summed E-state index contributed by atoms with van der Waals surface area (Å²) in [5, 5.41) is 7.27. The van der Waals surface area contributed by atoms with E-state index in [9.17, 15) is 0 Å². The van der Waals surface area contributed by atoms with Crippen LogP contribution in [0, 0.1) is 0 Å². The number of hydrogen-bond acceptors (Lipinski definition) is 6. The molecular weight excluding hydrogens is 230 g/mol. The molecule has 0 aliphatic rings. The molecule has 7 heteroatoms. The Morgan fingerprint density at radius 1 is 1.39 bits per heavy atom. The molecule has 0 aliphatic carbocycles. The molecule has 18 heavy (non-hydrogen) atoms. The van der Waals surface area contributed by atoms with Gasteiger partial charge in [0.25, 0.3) is 5.95 Å². The summed E-state index contributed by atoms with van der Waals surface area (Å²) in [5.41, 5.74) is 5.67. The summed E-state index contributed by atoms with van der Waals surface area (Å²) in [5.74, 6) is 1.08. The molecular formula is C11H17N7. The van der Waals surface area contributed by atoms with E-state index in [4.69, 9.17) is 5.73 Å². The van der Waals surface area contributed by atoms with Gasteiger partial charge in [0.2, 0.25) is 11.9 Å². The standard InChI is InChI=1S/C11H17N7/c1-3-5-8(2)14-10-15-9(12)16-11(17-10)18-7-4-6-13-18/h4,6-8H,3,5H2,1-2H3,(H3,12,14,15,16,17). The minimum atomic E-state index is 0.182. The Balaban J connectivity index is 2.22. The number of aromatic nitrogens is 5. The second-order valence-electron chi connectivity index (χ2n) is 4.10. The van der Waals surface area contributed by atoms with E-state index in [1.54, 1.807) is 23.1 Å². The molecule has 1 unspecified atom stereocenters. The average Bonchev–Trinajstić information content (AvgIpc) is 2.81. The lowest BCUT2D eigenvalue weighted by molar-refractivity contribution is 0.680. The van der Waals surface area contributed by atoms with Crippen molar-refractivity contribution in [3.05, 3.63) is 18.5 Å². The predicted octanol–water partition coefficient (Wildman–Crippen LogP) is 1.24. The summed E-state index contributed by atoms with van der Waals surface area (Å²) in [6.45, 7) is 4.21. The summed E-state index contributed by atoms with van der Waals surface area (Å²) in [6, 6.07) is 2.09. The van der Waals surface area contributed by atoms with E-state index in [1.165, 1.54) is 0 Å². The summed E-state index contributed by atoms with van der Waals surface area (Å²) in [6.07, 6.45) is 5.56. The molecule has 0 spiro atoms. The van der Waals surface area contributed by atoms with E-state index in [0.29, 0.717) is 17.9 Å². The molecule has 1 atom stereocenters. The number of rotatable bonds is 5. The maximum Gasteiger partial charge on any atom is 0.257 e. The maximum absolute atomic E-state index is 5.67. The Labute approximate surface area is 105 Å². The van der Waals surface area contributed by atoms with Crippen molar-refractivity contribution < 1.29 is 0 Å². The van der Waals surface area contributed by atoms with Gasteiger partial charge in [-0.05, 0) is 19.4 Å². The Morgan fingerprint density at radius 3 is 2.89 bits per heavy atom. The fourth-order valence-electron chi connectivity index (χ4n) is 1.66. The number of hydrogen-bond donors (Lipinski definition) is 2. The van der Waals surface area contributed by atoms with Crippen LogP contribution in [0.2, 0.25) is 0 Å². The van der Waals surface area contributed by atoms with Crippen LogP contribution in [0.5, 0.6) is 0 Å². The van der Waals surface area contributed by atoms with Gasteiger partial charge in [-0.1, -0.05) is 13.3 Å². The van der Waals surface area contributed by atoms with Gasteiger partial charge in [-0.3, -0.25) is 0 Å². The van der Waals surface area contributed by atoms with Crippen molar-refractivity contribution in [2.45, 2.75) is 32.7 Å². The zero-order chi connectivity index (χ0) is 13.0. The molecule has 3 N–H and O–H groups in total. The second-order valence-corrected chi connectivity index (χ2v) is 4.10. The second kappa shape index (κ2) is 5.44. The number of nitrogens with two attached hydrogens (primary N) is 1. The van der Waals surface area contributed by atoms with Crippen LogP contribution < -0.4 is 11.1 Å². The Kier molecular flexibility index (Phi) is 3.71. The Bertz CT molecular complexity index is 494. The van der Waals surface area contributed by atoms with Crippen molar-refractivity contribution in [3.63, 3.8) is 0 Å². The molecule has 0 aliphatic heterocycles. The SMILES string of the molecule is CCCC(C)Nc1nc(N)nc(-n2cccn2)n1. The highest BCUT2D eigenvalue weighted by Crippen LogP contribution is 2.09. The first-order chi connectivity index (χ1) is 8.69. The molecule has 0 fully saturated rings. The highest BCUT2D eigenvalue weighted by atomic mass is 15.4.